The van der Waals surface area contributed by atoms with Crippen LogP contribution in [0, 0.1) is 52.3 Å². The average molecular weight is 813 g/mol. The minimum absolute atomic E-state index is 0.310. The van der Waals surface area contributed by atoms with E-state index in [-0.39, 0.29) is 12.8 Å². The molecule has 2 amide bonds. The van der Waals surface area contributed by atoms with Crippen molar-refractivity contribution in [2.75, 3.05) is 21.3 Å². The molecule has 24 nitrogen and oxygen atoms in total. The lowest BCUT2D eigenvalue weighted by Crippen LogP contribution is -2.39. The Kier molecular flexibility index (Phi) is 14.5. The summed E-state index contributed by atoms with van der Waals surface area (Å²) in [6, 6.07) is 3.21. The Morgan fingerprint density at radius 2 is 0.776 bits per heavy atom. The molecule has 0 radical (unpaired) electrons. The van der Waals surface area contributed by atoms with Crippen LogP contribution in [0.1, 0.15) is 38.8 Å². The SMILES string of the molecule is CC(C)[C@H](Nc1cc([N+](=O)[O-])c(N[C@@H](Cc2ccc(C[C@H](Nc3cc([N+](=O)[O-])c(N[C@H](C(N)=O)C(C)C)cc3[N+](=O)[O-])C(=O)O)cc2)C(=O)O)cc1[N+](=O)[O-])C(N)=O. The fraction of sp³-hybridized carbons (Fsp3) is 0.353. The van der Waals surface area contributed by atoms with Crippen molar-refractivity contribution in [3.63, 3.8) is 0 Å². The van der Waals surface area contributed by atoms with E-state index >= 15 is 0 Å². The number of amides is 2. The largest absolute Gasteiger partial charge is 0.480 e. The number of carboxylic acid groups (broad SMARTS) is 2. The van der Waals surface area contributed by atoms with E-state index < -0.39 is 125 Å². The van der Waals surface area contributed by atoms with Gasteiger partial charge in [0.05, 0.1) is 19.7 Å². The molecule has 0 fully saturated rings. The Balaban J connectivity index is 1.91. The second kappa shape index (κ2) is 18.8. The molecule has 10 N–H and O–H groups in total. The van der Waals surface area contributed by atoms with Crippen molar-refractivity contribution in [1.82, 2.24) is 0 Å². The van der Waals surface area contributed by atoms with Crippen LogP contribution in [0.15, 0.2) is 48.5 Å². The number of nitrogens with one attached hydrogen (secondary N) is 4. The van der Waals surface area contributed by atoms with Crippen LogP contribution >= 0.6 is 0 Å². The maximum Gasteiger partial charge on any atom is 0.326 e. The minimum Gasteiger partial charge on any atom is -0.480 e. The fourth-order valence-electron chi connectivity index (χ4n) is 5.75. The molecule has 3 aromatic rings. The highest BCUT2D eigenvalue weighted by molar-refractivity contribution is 5.88. The van der Waals surface area contributed by atoms with E-state index in [4.69, 9.17) is 11.5 Å². The molecule has 0 saturated carbocycles. The van der Waals surface area contributed by atoms with Crippen molar-refractivity contribution in [1.29, 1.82) is 0 Å². The first kappa shape index (κ1) is 44.7. The predicted octanol–water partition coefficient (Wildman–Crippen LogP) is 3.38. The first-order chi connectivity index (χ1) is 27.0. The number of nitrogens with two attached hydrogens (primary N) is 2. The van der Waals surface area contributed by atoms with Gasteiger partial charge in [0, 0.05) is 37.1 Å². The standard InChI is InChI=1S/C34H40N10O14/c1-15(2)29(31(35)45)39-21-13-25(41(51)52)19(11-27(21)43(55)56)37-23(33(47)48)9-17-5-7-18(8-6-17)10-24(34(49)50)38-20-12-28(44(57)58)22(14-26(20)42(53)54)40-30(16(3)4)32(36)46/h5-8,11-16,23-24,29-30,37-40H,9-10H2,1-4H3,(H2,35,45)(H2,36,46)(H,47,48)(H,49,50)/t23-,24-,29-,30-/m0/s1. The number of hydrogen-bond donors (Lipinski definition) is 8. The predicted molar refractivity (Wildman–Crippen MR) is 206 cm³/mol. The van der Waals surface area contributed by atoms with Crippen LogP contribution in [-0.2, 0) is 32.0 Å². The number of carboxylic acids is 2. The third-order valence-corrected chi connectivity index (χ3v) is 8.74. The van der Waals surface area contributed by atoms with Gasteiger partial charge in [-0.2, -0.15) is 0 Å². The fourth-order valence-corrected chi connectivity index (χ4v) is 5.75. The lowest BCUT2D eigenvalue weighted by Gasteiger charge is -2.21. The highest BCUT2D eigenvalue weighted by Gasteiger charge is 2.32. The van der Waals surface area contributed by atoms with E-state index in [2.05, 4.69) is 21.3 Å². The van der Waals surface area contributed by atoms with Crippen molar-refractivity contribution < 1.29 is 49.1 Å². The molecule has 0 saturated heterocycles. The summed E-state index contributed by atoms with van der Waals surface area (Å²) in [6.45, 7) is 6.35. The molecule has 3 rings (SSSR count). The zero-order chi connectivity index (χ0) is 43.8. The highest BCUT2D eigenvalue weighted by Crippen LogP contribution is 2.39. The van der Waals surface area contributed by atoms with Crippen molar-refractivity contribution in [2.24, 2.45) is 23.3 Å². The number of primary amides is 2. The number of rotatable bonds is 22. The number of benzene rings is 3. The van der Waals surface area contributed by atoms with Crippen LogP contribution in [0.5, 0.6) is 0 Å². The van der Waals surface area contributed by atoms with Crippen LogP contribution in [-0.4, -0.2) is 77.8 Å². The Labute approximate surface area is 327 Å². The van der Waals surface area contributed by atoms with Gasteiger partial charge in [-0.1, -0.05) is 52.0 Å². The van der Waals surface area contributed by atoms with Crippen molar-refractivity contribution >= 4 is 69.3 Å². The number of nitrogens with zero attached hydrogens (tertiary/aromatic N) is 4. The first-order valence-corrected chi connectivity index (χ1v) is 17.1. The summed E-state index contributed by atoms with van der Waals surface area (Å²) in [5.74, 6) is -5.70. The summed E-state index contributed by atoms with van der Waals surface area (Å²) in [4.78, 5) is 92.7. The normalized spacial score (nSPS) is 13.1. The molecule has 0 aliphatic carbocycles. The molecule has 0 heterocycles. The maximum absolute atomic E-state index is 12.3. The zero-order valence-corrected chi connectivity index (χ0v) is 31.2. The topological polar surface area (TPSA) is 381 Å². The van der Waals surface area contributed by atoms with E-state index in [0.717, 1.165) is 24.3 Å². The second-order valence-corrected chi connectivity index (χ2v) is 13.6. The Bertz CT molecular complexity index is 1980. The molecule has 0 bridgehead atoms. The number of anilines is 4. The molecule has 0 unspecified atom stereocenters. The van der Waals surface area contributed by atoms with E-state index in [1.54, 1.807) is 27.7 Å². The van der Waals surface area contributed by atoms with Gasteiger partial charge in [0.1, 0.15) is 46.9 Å². The average Bonchev–Trinajstić information content (AvgIpc) is 3.12. The third kappa shape index (κ3) is 11.2. The van der Waals surface area contributed by atoms with E-state index in [1.165, 1.54) is 24.3 Å². The molecule has 24 heteroatoms. The van der Waals surface area contributed by atoms with E-state index in [1.807, 2.05) is 0 Å². The van der Waals surface area contributed by atoms with Gasteiger partial charge < -0.3 is 42.9 Å². The van der Waals surface area contributed by atoms with Gasteiger partial charge in [0.15, 0.2) is 0 Å². The zero-order valence-electron chi connectivity index (χ0n) is 31.2. The molecule has 0 aliphatic heterocycles. The monoisotopic (exact) mass is 812 g/mol. The molecule has 0 spiro atoms. The van der Waals surface area contributed by atoms with Gasteiger partial charge in [0.25, 0.3) is 22.7 Å². The number of nitro benzene ring substituents is 4. The summed E-state index contributed by atoms with van der Waals surface area (Å²) in [6.07, 6.45) is -0.691. The molecular formula is C34H40N10O14. The van der Waals surface area contributed by atoms with E-state index in [9.17, 15) is 69.8 Å². The van der Waals surface area contributed by atoms with Gasteiger partial charge in [-0.3, -0.25) is 50.0 Å². The molecule has 4 atom stereocenters. The summed E-state index contributed by atoms with van der Waals surface area (Å²) in [5.41, 5.74) is 6.59. The second-order valence-electron chi connectivity index (χ2n) is 13.6. The highest BCUT2D eigenvalue weighted by atomic mass is 16.6. The number of carbonyl (C=O) groups excluding carboxylic acids is 2. The van der Waals surface area contributed by atoms with Crippen LogP contribution in [0.25, 0.3) is 0 Å². The van der Waals surface area contributed by atoms with Gasteiger partial charge >= 0.3 is 11.9 Å². The van der Waals surface area contributed by atoms with E-state index in [0.29, 0.717) is 11.1 Å². The number of carbonyl (C=O) groups is 4. The van der Waals surface area contributed by atoms with Gasteiger partial charge in [-0.25, -0.2) is 9.59 Å². The molecule has 3 aromatic carbocycles. The molecule has 0 aliphatic rings. The third-order valence-electron chi connectivity index (χ3n) is 8.74. The van der Waals surface area contributed by atoms with Crippen LogP contribution < -0.4 is 32.7 Å². The van der Waals surface area contributed by atoms with Crippen LogP contribution in [0.4, 0.5) is 45.5 Å². The van der Waals surface area contributed by atoms with Crippen molar-refractivity contribution in [2.45, 2.75) is 64.7 Å². The smallest absolute Gasteiger partial charge is 0.326 e. The Morgan fingerprint density at radius 1 is 0.534 bits per heavy atom. The van der Waals surface area contributed by atoms with Crippen LogP contribution in [0.3, 0.4) is 0 Å². The number of hydrogen-bond acceptors (Lipinski definition) is 16. The van der Waals surface area contributed by atoms with Gasteiger partial charge in [0.2, 0.25) is 11.8 Å². The molecule has 310 valence electrons. The van der Waals surface area contributed by atoms with Gasteiger partial charge in [-0.15, -0.1) is 0 Å². The van der Waals surface area contributed by atoms with Gasteiger partial charge in [-0.05, 0) is 23.0 Å². The quantitative estimate of drug-likeness (QED) is 0.0532. The molecule has 58 heavy (non-hydrogen) atoms. The summed E-state index contributed by atoms with van der Waals surface area (Å²) >= 11 is 0. The Hall–Kier alpha value is -7.66. The molecular weight excluding hydrogens is 772 g/mol. The Morgan fingerprint density at radius 3 is 0.966 bits per heavy atom. The van der Waals surface area contributed by atoms with Crippen LogP contribution in [0.2, 0.25) is 0 Å². The van der Waals surface area contributed by atoms with Crippen molar-refractivity contribution in [3.8, 4) is 0 Å². The lowest BCUT2D eigenvalue weighted by molar-refractivity contribution is -0.387. The number of nitro groups is 4. The number of aliphatic carboxylic acids is 2. The maximum atomic E-state index is 12.3. The summed E-state index contributed by atoms with van der Waals surface area (Å²) in [5, 5.41) is 77.9. The molecule has 0 aromatic heterocycles. The summed E-state index contributed by atoms with van der Waals surface area (Å²) < 4.78 is 0. The first-order valence-electron chi connectivity index (χ1n) is 17.1. The van der Waals surface area contributed by atoms with Crippen molar-refractivity contribution in [3.05, 3.63) is 100 Å². The minimum atomic E-state index is -1.60. The summed E-state index contributed by atoms with van der Waals surface area (Å²) in [7, 11) is 0. The lowest BCUT2D eigenvalue weighted by atomic mass is 10.00.